The van der Waals surface area contributed by atoms with Gasteiger partial charge in [0.15, 0.2) is 0 Å². The van der Waals surface area contributed by atoms with Gasteiger partial charge in [0.2, 0.25) is 0 Å². The Morgan fingerprint density at radius 1 is 1.31 bits per heavy atom. The van der Waals surface area contributed by atoms with Gasteiger partial charge in [-0.1, -0.05) is 12.1 Å². The average molecular weight is 213 g/mol. The molecule has 6 heteroatoms. The summed E-state index contributed by atoms with van der Waals surface area (Å²) in [6.07, 6.45) is 0. The number of aromatic hydroxyl groups is 1. The van der Waals surface area contributed by atoms with Crippen molar-refractivity contribution in [1.82, 2.24) is 0 Å². The second-order valence-electron chi connectivity index (χ2n) is 1.82. The van der Waals surface area contributed by atoms with Gasteiger partial charge < -0.3 is 14.9 Å². The SMILES string of the molecule is O=C(O)c1ccccc1O.[Na+].[O-]Cl. The van der Waals surface area contributed by atoms with Gasteiger partial charge in [-0.25, -0.2) is 16.7 Å². The maximum atomic E-state index is 10.3. The van der Waals surface area contributed by atoms with Crippen LogP contribution in [0.2, 0.25) is 0 Å². The number of carboxylic acid groups (broad SMARTS) is 1. The van der Waals surface area contributed by atoms with Gasteiger partial charge in [-0.2, -0.15) is 0 Å². The van der Waals surface area contributed by atoms with Crippen LogP contribution in [0.5, 0.6) is 5.75 Å². The molecule has 13 heavy (non-hydrogen) atoms. The molecule has 0 aliphatic rings. The molecule has 0 saturated heterocycles. The van der Waals surface area contributed by atoms with Gasteiger partial charge in [0, 0.05) is 0 Å². The molecule has 2 N–H and O–H groups in total. The van der Waals surface area contributed by atoms with Crippen molar-refractivity contribution in [3.8, 4) is 5.75 Å². The van der Waals surface area contributed by atoms with E-state index < -0.39 is 5.97 Å². The molecule has 0 fully saturated rings. The molecule has 0 spiro atoms. The smallest absolute Gasteiger partial charge is 0.769 e. The molecule has 0 aliphatic carbocycles. The van der Waals surface area contributed by atoms with E-state index >= 15 is 0 Å². The molecular weight excluding hydrogens is 207 g/mol. The third kappa shape index (κ3) is 5.13. The maximum absolute atomic E-state index is 10.3. The van der Waals surface area contributed by atoms with Crippen LogP contribution in [0, 0.1) is 0 Å². The van der Waals surface area contributed by atoms with E-state index in [2.05, 4.69) is 11.9 Å². The standard InChI is InChI=1S/C7H6O3.ClO.Na/c8-6-4-2-1-3-5(6)7(9)10;1-2;/h1-4,8H,(H,9,10);;/q;-1;+1. The van der Waals surface area contributed by atoms with E-state index in [4.69, 9.17) is 14.9 Å². The number of carbonyl (C=O) groups is 1. The Kier molecular flexibility index (Phi) is 9.77. The number of carboxylic acids is 1. The minimum absolute atomic E-state index is 0. The van der Waals surface area contributed by atoms with E-state index in [0.29, 0.717) is 0 Å². The molecule has 0 aromatic heterocycles. The first-order valence-corrected chi connectivity index (χ1v) is 3.19. The zero-order chi connectivity index (χ0) is 9.56. The minimum atomic E-state index is -1.11. The molecule has 0 amide bonds. The molecule has 0 heterocycles. The van der Waals surface area contributed by atoms with E-state index in [1.165, 1.54) is 12.1 Å². The topological polar surface area (TPSA) is 80.6 Å². The van der Waals surface area contributed by atoms with Crippen molar-refractivity contribution in [2.75, 3.05) is 0 Å². The summed E-state index contributed by atoms with van der Waals surface area (Å²) in [6, 6.07) is 5.81. The van der Waals surface area contributed by atoms with Crippen molar-refractivity contribution in [1.29, 1.82) is 0 Å². The second-order valence-corrected chi connectivity index (χ2v) is 1.82. The van der Waals surface area contributed by atoms with Crippen molar-refractivity contribution in [3.63, 3.8) is 0 Å². The fraction of sp³-hybridized carbons (Fsp3) is 0. The zero-order valence-electron chi connectivity index (χ0n) is 6.90. The molecule has 1 aromatic rings. The predicted octanol–water partition coefficient (Wildman–Crippen LogP) is -2.41. The molecule has 1 aromatic carbocycles. The van der Waals surface area contributed by atoms with Crippen LogP contribution in [0.4, 0.5) is 0 Å². The molecule has 0 saturated carbocycles. The van der Waals surface area contributed by atoms with Crippen LogP contribution in [0.15, 0.2) is 24.3 Å². The van der Waals surface area contributed by atoms with Crippen molar-refractivity contribution in [2.45, 2.75) is 0 Å². The summed E-state index contributed by atoms with van der Waals surface area (Å²) in [5, 5.41) is 17.3. The molecule has 0 radical (unpaired) electrons. The van der Waals surface area contributed by atoms with Crippen LogP contribution in [0.1, 0.15) is 10.4 Å². The van der Waals surface area contributed by atoms with Gasteiger partial charge in [-0.3, -0.25) is 0 Å². The summed E-state index contributed by atoms with van der Waals surface area (Å²) in [7, 11) is 0. The number of hydrogen-bond acceptors (Lipinski definition) is 3. The van der Waals surface area contributed by atoms with Crippen LogP contribution in [0.25, 0.3) is 0 Å². The minimum Gasteiger partial charge on any atom is -0.769 e. The fourth-order valence-corrected chi connectivity index (χ4v) is 0.654. The third-order valence-corrected chi connectivity index (χ3v) is 1.13. The number of para-hydroxylation sites is 1. The first kappa shape index (κ1) is 15.2. The van der Waals surface area contributed by atoms with Crippen molar-refractivity contribution >= 4 is 17.8 Å². The summed E-state index contributed by atoms with van der Waals surface area (Å²) in [5.41, 5.74) is -0.0671. The van der Waals surface area contributed by atoms with Crippen LogP contribution in [-0.4, -0.2) is 16.2 Å². The largest absolute Gasteiger partial charge is 1.00 e. The Hall–Kier alpha value is -0.260. The van der Waals surface area contributed by atoms with Crippen LogP contribution in [0.3, 0.4) is 0 Å². The summed E-state index contributed by atoms with van der Waals surface area (Å²) >= 11 is 3.39. The summed E-state index contributed by atoms with van der Waals surface area (Å²) in [5.74, 6) is -1.31. The van der Waals surface area contributed by atoms with Gasteiger partial charge in [0.05, 0.1) is 0 Å². The van der Waals surface area contributed by atoms with E-state index in [0.717, 1.165) is 0 Å². The fourth-order valence-electron chi connectivity index (χ4n) is 0.654. The molecule has 0 aliphatic heterocycles. The zero-order valence-corrected chi connectivity index (χ0v) is 9.65. The predicted molar refractivity (Wildman–Crippen MR) is 40.9 cm³/mol. The first-order chi connectivity index (χ1) is 5.72. The van der Waals surface area contributed by atoms with Gasteiger partial charge in [0.25, 0.3) is 0 Å². The number of rotatable bonds is 1. The number of aromatic carboxylic acids is 1. The van der Waals surface area contributed by atoms with Crippen molar-refractivity contribution in [2.24, 2.45) is 0 Å². The quantitative estimate of drug-likeness (QED) is 0.509. The summed E-state index contributed by atoms with van der Waals surface area (Å²) in [6.45, 7) is 0. The average Bonchev–Trinajstić information content (AvgIpc) is 2.08. The molecule has 0 bridgehead atoms. The normalized spacial score (nSPS) is 7.54. The maximum Gasteiger partial charge on any atom is 1.00 e. The van der Waals surface area contributed by atoms with E-state index in [1.54, 1.807) is 12.1 Å². The van der Waals surface area contributed by atoms with E-state index in [1.807, 2.05) is 0 Å². The van der Waals surface area contributed by atoms with Gasteiger partial charge in [-0.05, 0) is 12.1 Å². The summed E-state index contributed by atoms with van der Waals surface area (Å²) < 4.78 is 7.72. The van der Waals surface area contributed by atoms with E-state index in [9.17, 15) is 4.79 Å². The number of phenols is 1. The van der Waals surface area contributed by atoms with Gasteiger partial charge >= 0.3 is 35.5 Å². The first-order valence-electron chi connectivity index (χ1n) is 2.88. The third-order valence-electron chi connectivity index (χ3n) is 1.13. The molecule has 4 nitrogen and oxygen atoms in total. The number of halogens is 1. The van der Waals surface area contributed by atoms with Crippen LogP contribution >= 0.6 is 11.9 Å². The second kappa shape index (κ2) is 8.34. The Morgan fingerprint density at radius 3 is 2.08 bits per heavy atom. The number of hydrogen-bond donors (Lipinski definition) is 2. The van der Waals surface area contributed by atoms with Crippen LogP contribution in [-0.2, 0) is 0 Å². The van der Waals surface area contributed by atoms with Crippen molar-refractivity contribution in [3.05, 3.63) is 29.8 Å². The van der Waals surface area contributed by atoms with Crippen molar-refractivity contribution < 1.29 is 49.2 Å². The van der Waals surface area contributed by atoms with Gasteiger partial charge in [0.1, 0.15) is 11.3 Å². The molecule has 1 rings (SSSR count). The van der Waals surface area contributed by atoms with Gasteiger partial charge in [-0.15, -0.1) is 0 Å². The molecular formula is C7H6ClNaO4. The Bertz CT molecular complexity index is 266. The monoisotopic (exact) mass is 212 g/mol. The van der Waals surface area contributed by atoms with Crippen LogP contribution < -0.4 is 34.2 Å². The Balaban J connectivity index is 0. The van der Waals surface area contributed by atoms with E-state index in [-0.39, 0.29) is 40.9 Å². The number of benzene rings is 1. The molecule has 0 atom stereocenters. The Labute approximate surface area is 102 Å². The molecule has 66 valence electrons. The Morgan fingerprint density at radius 2 is 1.77 bits per heavy atom. The summed E-state index contributed by atoms with van der Waals surface area (Å²) in [4.78, 5) is 10.3. The molecule has 0 unspecified atom stereocenters.